The molecule has 3 heteroatoms. The van der Waals surface area contributed by atoms with Crippen molar-refractivity contribution in [2.45, 2.75) is 39.5 Å². The fraction of sp³-hybridized carbons (Fsp3) is 0.381. The van der Waals surface area contributed by atoms with Crippen LogP contribution in [0.4, 0.5) is 5.69 Å². The number of nitrogens with zero attached hydrogens (tertiary/aromatic N) is 1. The van der Waals surface area contributed by atoms with Crippen molar-refractivity contribution in [3.05, 3.63) is 58.7 Å². The number of rotatable bonds is 5. The van der Waals surface area contributed by atoms with Gasteiger partial charge in [0.15, 0.2) is 5.78 Å². The van der Waals surface area contributed by atoms with Crippen molar-refractivity contribution in [3.8, 4) is 5.75 Å². The lowest BCUT2D eigenvalue weighted by Gasteiger charge is -2.17. The monoisotopic (exact) mass is 325 g/mol. The van der Waals surface area contributed by atoms with E-state index in [4.69, 9.17) is 0 Å². The standard InChI is InChI=1S/C21H27NO2/c1-13(2)18-11-16(12-19(14(3)4)21(18)24)20(23)15-7-9-17(10-8-15)22(5)6/h7-14,24H,1-6H3. The minimum atomic E-state index is -0.0101. The largest absolute Gasteiger partial charge is 0.507 e. The molecule has 0 heterocycles. The van der Waals surface area contributed by atoms with E-state index in [0.717, 1.165) is 16.8 Å². The van der Waals surface area contributed by atoms with Crippen LogP contribution in [0, 0.1) is 0 Å². The summed E-state index contributed by atoms with van der Waals surface area (Å²) in [5.74, 6) is 0.626. The maximum Gasteiger partial charge on any atom is 0.193 e. The van der Waals surface area contributed by atoms with Crippen LogP contribution in [0.15, 0.2) is 36.4 Å². The van der Waals surface area contributed by atoms with Gasteiger partial charge in [0.05, 0.1) is 0 Å². The SMILES string of the molecule is CC(C)c1cc(C(=O)c2ccc(N(C)C)cc2)cc(C(C)C)c1O. The van der Waals surface area contributed by atoms with Gasteiger partial charge in [-0.25, -0.2) is 0 Å². The van der Waals surface area contributed by atoms with Crippen molar-refractivity contribution in [2.24, 2.45) is 0 Å². The van der Waals surface area contributed by atoms with Crippen molar-refractivity contribution >= 4 is 11.5 Å². The summed E-state index contributed by atoms with van der Waals surface area (Å²) in [6, 6.07) is 11.3. The number of benzene rings is 2. The molecule has 0 aliphatic carbocycles. The highest BCUT2D eigenvalue weighted by molar-refractivity contribution is 6.09. The van der Waals surface area contributed by atoms with E-state index < -0.39 is 0 Å². The van der Waals surface area contributed by atoms with Crippen LogP contribution >= 0.6 is 0 Å². The Morgan fingerprint density at radius 1 is 0.875 bits per heavy atom. The van der Waals surface area contributed by atoms with Gasteiger partial charge in [-0.05, 0) is 59.4 Å². The summed E-state index contributed by atoms with van der Waals surface area (Å²) < 4.78 is 0. The van der Waals surface area contributed by atoms with Crippen molar-refractivity contribution in [2.75, 3.05) is 19.0 Å². The summed E-state index contributed by atoms with van der Waals surface area (Å²) in [7, 11) is 3.95. The van der Waals surface area contributed by atoms with Gasteiger partial charge >= 0.3 is 0 Å². The van der Waals surface area contributed by atoms with Crippen molar-refractivity contribution in [1.82, 2.24) is 0 Å². The second kappa shape index (κ2) is 7.08. The number of anilines is 1. The molecule has 0 aliphatic heterocycles. The summed E-state index contributed by atoms with van der Waals surface area (Å²) in [4.78, 5) is 14.9. The van der Waals surface area contributed by atoms with E-state index in [-0.39, 0.29) is 17.6 Å². The maximum atomic E-state index is 12.9. The second-order valence-corrected chi connectivity index (χ2v) is 7.08. The van der Waals surface area contributed by atoms with E-state index >= 15 is 0 Å². The van der Waals surface area contributed by atoms with Gasteiger partial charge in [-0.3, -0.25) is 4.79 Å². The molecule has 3 nitrogen and oxygen atoms in total. The number of phenolic OH excluding ortho intramolecular Hbond substituents is 1. The smallest absolute Gasteiger partial charge is 0.193 e. The minimum Gasteiger partial charge on any atom is -0.507 e. The first-order valence-electron chi connectivity index (χ1n) is 8.41. The van der Waals surface area contributed by atoms with Gasteiger partial charge in [0.25, 0.3) is 0 Å². The molecule has 1 N–H and O–H groups in total. The highest BCUT2D eigenvalue weighted by atomic mass is 16.3. The third kappa shape index (κ3) is 3.61. The Labute approximate surface area is 144 Å². The van der Waals surface area contributed by atoms with Crippen molar-refractivity contribution < 1.29 is 9.90 Å². The van der Waals surface area contributed by atoms with Crippen LogP contribution in [0.2, 0.25) is 0 Å². The van der Waals surface area contributed by atoms with Crippen molar-refractivity contribution in [1.29, 1.82) is 0 Å². The number of hydrogen-bond donors (Lipinski definition) is 1. The van der Waals surface area contributed by atoms with Crippen LogP contribution in [-0.4, -0.2) is 25.0 Å². The van der Waals surface area contributed by atoms with Crippen LogP contribution in [0.3, 0.4) is 0 Å². The molecule has 0 aliphatic rings. The summed E-state index contributed by atoms with van der Waals surface area (Å²) >= 11 is 0. The minimum absolute atomic E-state index is 0.0101. The van der Waals surface area contributed by atoms with Gasteiger partial charge in [0.1, 0.15) is 5.75 Å². The van der Waals surface area contributed by atoms with Crippen LogP contribution in [-0.2, 0) is 0 Å². The molecular formula is C21H27NO2. The molecule has 0 saturated heterocycles. The van der Waals surface area contributed by atoms with E-state index in [9.17, 15) is 9.90 Å². The third-order valence-electron chi connectivity index (χ3n) is 4.32. The van der Waals surface area contributed by atoms with E-state index in [1.807, 2.05) is 83.1 Å². The Hall–Kier alpha value is -2.29. The molecule has 2 aromatic rings. The van der Waals surface area contributed by atoms with Crippen LogP contribution in [0.25, 0.3) is 0 Å². The molecule has 2 rings (SSSR count). The average Bonchev–Trinajstić information content (AvgIpc) is 2.53. The topological polar surface area (TPSA) is 40.5 Å². The quantitative estimate of drug-likeness (QED) is 0.792. The fourth-order valence-corrected chi connectivity index (χ4v) is 2.77. The van der Waals surface area contributed by atoms with Gasteiger partial charge < -0.3 is 10.0 Å². The first-order valence-corrected chi connectivity index (χ1v) is 8.41. The van der Waals surface area contributed by atoms with E-state index in [1.54, 1.807) is 0 Å². The van der Waals surface area contributed by atoms with Crippen molar-refractivity contribution in [3.63, 3.8) is 0 Å². The number of carbonyl (C=O) groups is 1. The molecule has 24 heavy (non-hydrogen) atoms. The summed E-state index contributed by atoms with van der Waals surface area (Å²) in [6.45, 7) is 8.11. The molecule has 0 amide bonds. The molecule has 0 fully saturated rings. The zero-order chi connectivity index (χ0) is 18.0. The molecule has 0 bridgehead atoms. The van der Waals surface area contributed by atoms with Gasteiger partial charge in [0.2, 0.25) is 0 Å². The molecule has 128 valence electrons. The Morgan fingerprint density at radius 3 is 1.71 bits per heavy atom. The lowest BCUT2D eigenvalue weighted by molar-refractivity contribution is 0.103. The number of phenols is 1. The lowest BCUT2D eigenvalue weighted by atomic mass is 9.89. The predicted molar refractivity (Wildman–Crippen MR) is 100 cm³/mol. The first kappa shape index (κ1) is 18.1. The molecule has 0 unspecified atom stereocenters. The molecule has 2 aromatic carbocycles. The van der Waals surface area contributed by atoms with Gasteiger partial charge in [-0.15, -0.1) is 0 Å². The van der Waals surface area contributed by atoms with E-state index in [1.165, 1.54) is 0 Å². The Kier molecular flexibility index (Phi) is 5.33. The molecule has 0 saturated carbocycles. The fourth-order valence-electron chi connectivity index (χ4n) is 2.77. The number of aromatic hydroxyl groups is 1. The Balaban J connectivity index is 2.48. The number of carbonyl (C=O) groups excluding carboxylic acids is 1. The maximum absolute atomic E-state index is 12.9. The summed E-state index contributed by atoms with van der Waals surface area (Å²) in [5.41, 5.74) is 4.01. The Bertz CT molecular complexity index is 699. The summed E-state index contributed by atoms with van der Waals surface area (Å²) in [5, 5.41) is 10.5. The van der Waals surface area contributed by atoms with Gasteiger partial charge in [-0.1, -0.05) is 27.7 Å². The van der Waals surface area contributed by atoms with Crippen LogP contribution in [0.1, 0.15) is 66.6 Å². The van der Waals surface area contributed by atoms with Gasteiger partial charge in [0, 0.05) is 30.9 Å². The average molecular weight is 325 g/mol. The molecule has 0 aromatic heterocycles. The highest BCUT2D eigenvalue weighted by Crippen LogP contribution is 2.35. The van der Waals surface area contributed by atoms with E-state index in [2.05, 4.69) is 0 Å². The van der Waals surface area contributed by atoms with Crippen LogP contribution < -0.4 is 4.90 Å². The number of hydrogen-bond acceptors (Lipinski definition) is 3. The highest BCUT2D eigenvalue weighted by Gasteiger charge is 2.19. The number of ketones is 1. The molecular weight excluding hydrogens is 298 g/mol. The zero-order valence-corrected chi connectivity index (χ0v) is 15.4. The molecule has 0 spiro atoms. The first-order chi connectivity index (χ1) is 11.2. The normalized spacial score (nSPS) is 11.2. The van der Waals surface area contributed by atoms with Crippen LogP contribution in [0.5, 0.6) is 5.75 Å². The second-order valence-electron chi connectivity index (χ2n) is 7.08. The summed E-state index contributed by atoms with van der Waals surface area (Å²) in [6.07, 6.45) is 0. The van der Waals surface area contributed by atoms with Gasteiger partial charge in [-0.2, -0.15) is 0 Å². The zero-order valence-electron chi connectivity index (χ0n) is 15.4. The molecule has 0 atom stereocenters. The predicted octanol–water partition coefficient (Wildman–Crippen LogP) is 4.94. The third-order valence-corrected chi connectivity index (χ3v) is 4.32. The Morgan fingerprint density at radius 2 is 1.33 bits per heavy atom. The lowest BCUT2D eigenvalue weighted by Crippen LogP contribution is -2.09. The molecule has 0 radical (unpaired) electrons. The van der Waals surface area contributed by atoms with E-state index in [0.29, 0.717) is 16.9 Å².